The smallest absolute Gasteiger partial charge is 0.426 e. The van der Waals surface area contributed by atoms with Gasteiger partial charge >= 0.3 is 12.2 Å². The van der Waals surface area contributed by atoms with Gasteiger partial charge in [0.15, 0.2) is 6.29 Å². The predicted molar refractivity (Wildman–Crippen MR) is 52.7 cm³/mol. The molecule has 2 amide bonds. The third-order valence-corrected chi connectivity index (χ3v) is 1.29. The van der Waals surface area contributed by atoms with E-state index in [0.29, 0.717) is 5.01 Å². The van der Waals surface area contributed by atoms with E-state index < -0.39 is 30.6 Å². The number of aliphatic hydroxyl groups excluding tert-OH is 1. The summed E-state index contributed by atoms with van der Waals surface area (Å²) in [6.07, 6.45) is -4.48. The van der Waals surface area contributed by atoms with Crippen molar-refractivity contribution in [2.45, 2.75) is 32.7 Å². The minimum Gasteiger partial charge on any atom is -0.464 e. The molecule has 0 radical (unpaired) electrons. The van der Waals surface area contributed by atoms with Crippen LogP contribution >= 0.6 is 0 Å². The Labute approximate surface area is 92.4 Å². The highest BCUT2D eigenvalue weighted by atomic mass is 16.6. The summed E-state index contributed by atoms with van der Waals surface area (Å²) >= 11 is 0. The Hall–Kier alpha value is -1.54. The molecule has 8 heteroatoms. The molecular formula is C8H16N2O6. The van der Waals surface area contributed by atoms with Crippen molar-refractivity contribution in [3.63, 3.8) is 0 Å². The molecular weight excluding hydrogens is 220 g/mol. The van der Waals surface area contributed by atoms with Crippen LogP contribution in [-0.2, 0) is 4.74 Å². The van der Waals surface area contributed by atoms with Crippen molar-refractivity contribution in [1.82, 2.24) is 10.4 Å². The third-order valence-electron chi connectivity index (χ3n) is 1.29. The minimum absolute atomic E-state index is 0.318. The van der Waals surface area contributed by atoms with Crippen LogP contribution in [0.3, 0.4) is 0 Å². The number of nitrogens with zero attached hydrogens (tertiary/aromatic N) is 1. The van der Waals surface area contributed by atoms with E-state index >= 15 is 0 Å². The maximum Gasteiger partial charge on any atom is 0.426 e. The van der Waals surface area contributed by atoms with Crippen molar-refractivity contribution in [2.24, 2.45) is 0 Å². The molecule has 0 aromatic heterocycles. The van der Waals surface area contributed by atoms with Gasteiger partial charge in [0.1, 0.15) is 0 Å². The van der Waals surface area contributed by atoms with Gasteiger partial charge in [-0.1, -0.05) is 0 Å². The van der Waals surface area contributed by atoms with Crippen LogP contribution in [0.25, 0.3) is 0 Å². The molecule has 0 heterocycles. The summed E-state index contributed by atoms with van der Waals surface area (Å²) in [5, 5.41) is 26.6. The van der Waals surface area contributed by atoms with E-state index in [1.54, 1.807) is 26.2 Å². The second-order valence-corrected chi connectivity index (χ2v) is 4.00. The molecule has 0 aliphatic rings. The van der Waals surface area contributed by atoms with Gasteiger partial charge in [0.05, 0.1) is 12.1 Å². The van der Waals surface area contributed by atoms with Gasteiger partial charge in [-0.3, -0.25) is 0 Å². The van der Waals surface area contributed by atoms with Gasteiger partial charge in [-0.15, -0.1) is 0 Å². The van der Waals surface area contributed by atoms with Crippen LogP contribution in [-0.4, -0.2) is 51.0 Å². The van der Waals surface area contributed by atoms with Gasteiger partial charge in [-0.2, -0.15) is 0 Å². The van der Waals surface area contributed by atoms with Gasteiger partial charge in [-0.05, 0) is 20.8 Å². The Morgan fingerprint density at radius 1 is 1.38 bits per heavy atom. The molecule has 8 nitrogen and oxygen atoms in total. The lowest BCUT2D eigenvalue weighted by atomic mass is 10.2. The fraction of sp³-hybridized carbons (Fsp3) is 0.750. The third kappa shape index (κ3) is 6.85. The first kappa shape index (κ1) is 14.5. The van der Waals surface area contributed by atoms with Gasteiger partial charge in [0, 0.05) is 0 Å². The SMILES string of the molecule is CC(C)(C)OC(O)CN(NC(=O)O)C(=O)O. The standard InChI is InChI=1S/C8H16N2O6/c1-8(2,3)16-5(11)4-10(7(14)15)9-6(12)13/h5,9,11H,4H2,1-3H3,(H,12,13)(H,14,15). The average Bonchev–Trinajstić information content (AvgIpc) is 1.97. The number of amides is 2. The summed E-state index contributed by atoms with van der Waals surface area (Å²) in [4.78, 5) is 20.8. The van der Waals surface area contributed by atoms with Gasteiger partial charge in [0.25, 0.3) is 0 Å². The molecule has 1 unspecified atom stereocenters. The number of carbonyl (C=O) groups is 2. The topological polar surface area (TPSA) is 119 Å². The number of hydrogen-bond donors (Lipinski definition) is 4. The van der Waals surface area contributed by atoms with Gasteiger partial charge < -0.3 is 20.1 Å². The molecule has 0 saturated carbocycles. The molecule has 0 aliphatic carbocycles. The second kappa shape index (κ2) is 5.52. The molecule has 0 aromatic carbocycles. The van der Waals surface area contributed by atoms with Crippen molar-refractivity contribution in [3.05, 3.63) is 0 Å². The van der Waals surface area contributed by atoms with E-state index in [9.17, 15) is 14.7 Å². The molecule has 0 saturated heterocycles. The van der Waals surface area contributed by atoms with Crippen molar-refractivity contribution >= 4 is 12.2 Å². The first-order chi connectivity index (χ1) is 7.11. The number of nitrogens with one attached hydrogen (secondary N) is 1. The first-order valence-corrected chi connectivity index (χ1v) is 4.48. The molecule has 0 spiro atoms. The Morgan fingerprint density at radius 2 is 1.88 bits per heavy atom. The Bertz CT molecular complexity index is 262. The van der Waals surface area contributed by atoms with Crippen LogP contribution in [0.15, 0.2) is 0 Å². The van der Waals surface area contributed by atoms with Crippen LogP contribution in [0.1, 0.15) is 20.8 Å². The van der Waals surface area contributed by atoms with Crippen LogP contribution in [0.4, 0.5) is 9.59 Å². The molecule has 0 aromatic rings. The lowest BCUT2D eigenvalue weighted by Crippen LogP contribution is -2.49. The quantitative estimate of drug-likeness (QED) is 0.413. The van der Waals surface area contributed by atoms with E-state index in [1.807, 2.05) is 0 Å². The van der Waals surface area contributed by atoms with Crippen LogP contribution in [0.2, 0.25) is 0 Å². The van der Waals surface area contributed by atoms with Crippen LogP contribution in [0, 0.1) is 0 Å². The summed E-state index contributed by atoms with van der Waals surface area (Å²) in [7, 11) is 0. The van der Waals surface area contributed by atoms with E-state index in [2.05, 4.69) is 0 Å². The number of carboxylic acid groups (broad SMARTS) is 2. The molecule has 0 fully saturated rings. The van der Waals surface area contributed by atoms with E-state index in [-0.39, 0.29) is 0 Å². The average molecular weight is 236 g/mol. The van der Waals surface area contributed by atoms with Gasteiger partial charge in [0.2, 0.25) is 0 Å². The minimum atomic E-state index is -1.54. The number of rotatable bonds is 3. The van der Waals surface area contributed by atoms with Crippen molar-refractivity contribution in [1.29, 1.82) is 0 Å². The number of hydrazine groups is 1. The zero-order valence-electron chi connectivity index (χ0n) is 9.30. The molecule has 0 rings (SSSR count). The maximum absolute atomic E-state index is 10.6. The predicted octanol–water partition coefficient (Wildman–Crippen LogP) is 0.283. The molecule has 0 aliphatic heterocycles. The van der Waals surface area contributed by atoms with Crippen LogP contribution < -0.4 is 5.43 Å². The highest BCUT2D eigenvalue weighted by molar-refractivity contribution is 5.71. The fourth-order valence-corrected chi connectivity index (χ4v) is 0.889. The summed E-state index contributed by atoms with van der Waals surface area (Å²) in [6.45, 7) is 4.50. The highest BCUT2D eigenvalue weighted by Crippen LogP contribution is 2.09. The zero-order chi connectivity index (χ0) is 12.9. The number of aliphatic hydroxyl groups is 1. The summed E-state index contributed by atoms with van der Waals surface area (Å²) < 4.78 is 5.02. The monoisotopic (exact) mass is 236 g/mol. The highest BCUT2D eigenvalue weighted by Gasteiger charge is 2.22. The summed E-state index contributed by atoms with van der Waals surface area (Å²) in [5.74, 6) is 0. The first-order valence-electron chi connectivity index (χ1n) is 4.48. The largest absolute Gasteiger partial charge is 0.464 e. The number of hydrogen-bond acceptors (Lipinski definition) is 4. The molecule has 4 N–H and O–H groups in total. The molecule has 94 valence electrons. The van der Waals surface area contributed by atoms with E-state index in [1.165, 1.54) is 0 Å². The second-order valence-electron chi connectivity index (χ2n) is 4.00. The Kier molecular flexibility index (Phi) is 4.99. The van der Waals surface area contributed by atoms with Crippen molar-refractivity contribution in [2.75, 3.05) is 6.54 Å². The normalized spacial score (nSPS) is 13.0. The molecule has 1 atom stereocenters. The van der Waals surface area contributed by atoms with E-state index in [4.69, 9.17) is 14.9 Å². The summed E-state index contributed by atoms with van der Waals surface area (Å²) in [6, 6.07) is 0. The molecule has 0 bridgehead atoms. The number of ether oxygens (including phenoxy) is 1. The van der Waals surface area contributed by atoms with Crippen LogP contribution in [0.5, 0.6) is 0 Å². The molecule has 16 heavy (non-hydrogen) atoms. The fourth-order valence-electron chi connectivity index (χ4n) is 0.889. The maximum atomic E-state index is 10.6. The van der Waals surface area contributed by atoms with E-state index in [0.717, 1.165) is 0 Å². The Morgan fingerprint density at radius 3 is 2.19 bits per heavy atom. The van der Waals surface area contributed by atoms with Crippen molar-refractivity contribution < 1.29 is 29.6 Å². The Balaban J connectivity index is 4.29. The lowest BCUT2D eigenvalue weighted by molar-refractivity contribution is -0.173. The lowest BCUT2D eigenvalue weighted by Gasteiger charge is -2.27. The van der Waals surface area contributed by atoms with Crippen molar-refractivity contribution in [3.8, 4) is 0 Å². The van der Waals surface area contributed by atoms with Gasteiger partial charge in [-0.25, -0.2) is 20.0 Å². The zero-order valence-corrected chi connectivity index (χ0v) is 9.30. The summed E-state index contributed by atoms with van der Waals surface area (Å²) in [5.41, 5.74) is 0.946.